The van der Waals surface area contributed by atoms with E-state index in [1.54, 1.807) is 0 Å². The average Bonchev–Trinajstić information content (AvgIpc) is 1.68. The Morgan fingerprint density at radius 1 is 2.00 bits per heavy atom. The van der Waals surface area contributed by atoms with Crippen LogP contribution in [0.1, 0.15) is 6.92 Å². The van der Waals surface area contributed by atoms with Gasteiger partial charge in [-0.25, -0.2) is 5.84 Å². The SMILES string of the molecule is CCSC(=S)NN. The van der Waals surface area contributed by atoms with Crippen molar-refractivity contribution >= 4 is 28.3 Å². The van der Waals surface area contributed by atoms with Crippen LogP contribution in [0.4, 0.5) is 0 Å². The molecule has 0 rings (SSSR count). The van der Waals surface area contributed by atoms with E-state index in [0.717, 1.165) is 5.75 Å². The van der Waals surface area contributed by atoms with Gasteiger partial charge in [0.2, 0.25) is 0 Å². The van der Waals surface area contributed by atoms with Crippen molar-refractivity contribution in [1.29, 1.82) is 0 Å². The highest BCUT2D eigenvalue weighted by Gasteiger charge is 1.85. The van der Waals surface area contributed by atoms with Crippen LogP contribution in [-0.4, -0.2) is 10.1 Å². The maximum Gasteiger partial charge on any atom is 0.147 e. The summed E-state index contributed by atoms with van der Waals surface area (Å²) in [7, 11) is 0. The smallest absolute Gasteiger partial charge is 0.147 e. The summed E-state index contributed by atoms with van der Waals surface area (Å²) in [6, 6.07) is 0. The van der Waals surface area contributed by atoms with E-state index in [9.17, 15) is 0 Å². The highest BCUT2D eigenvalue weighted by molar-refractivity contribution is 8.22. The Morgan fingerprint density at radius 2 is 2.57 bits per heavy atom. The van der Waals surface area contributed by atoms with E-state index >= 15 is 0 Å². The average molecular weight is 136 g/mol. The summed E-state index contributed by atoms with van der Waals surface area (Å²) in [5, 5.41) is 0. The third-order valence-corrected chi connectivity index (χ3v) is 1.53. The Kier molecular flexibility index (Phi) is 4.49. The van der Waals surface area contributed by atoms with Crippen LogP contribution in [0.25, 0.3) is 0 Å². The van der Waals surface area contributed by atoms with Crippen LogP contribution in [0.2, 0.25) is 0 Å². The number of hydrogen-bond acceptors (Lipinski definition) is 3. The first-order chi connectivity index (χ1) is 3.31. The second-order valence-corrected chi connectivity index (χ2v) is 2.81. The van der Waals surface area contributed by atoms with Crippen molar-refractivity contribution in [2.75, 3.05) is 5.75 Å². The second kappa shape index (κ2) is 4.36. The highest BCUT2D eigenvalue weighted by atomic mass is 32.2. The summed E-state index contributed by atoms with van der Waals surface area (Å²) in [5.74, 6) is 5.92. The molecule has 42 valence electrons. The van der Waals surface area contributed by atoms with Crippen LogP contribution >= 0.6 is 24.0 Å². The van der Waals surface area contributed by atoms with E-state index in [1.165, 1.54) is 11.8 Å². The molecule has 0 radical (unpaired) electrons. The Morgan fingerprint density at radius 3 is 2.71 bits per heavy atom. The maximum atomic E-state index is 4.95. The molecule has 0 aromatic rings. The zero-order valence-corrected chi connectivity index (χ0v) is 5.73. The van der Waals surface area contributed by atoms with Gasteiger partial charge in [-0.3, -0.25) is 0 Å². The molecule has 0 spiro atoms. The lowest BCUT2D eigenvalue weighted by Crippen LogP contribution is -2.25. The number of nitrogens with two attached hydrogens (primary N) is 1. The quantitative estimate of drug-likeness (QED) is 0.312. The van der Waals surface area contributed by atoms with E-state index in [0.29, 0.717) is 4.32 Å². The second-order valence-electron chi connectivity index (χ2n) is 0.865. The van der Waals surface area contributed by atoms with Gasteiger partial charge in [0.05, 0.1) is 0 Å². The summed E-state index contributed by atoms with van der Waals surface area (Å²) in [6.07, 6.45) is 0. The van der Waals surface area contributed by atoms with E-state index in [-0.39, 0.29) is 0 Å². The van der Waals surface area contributed by atoms with Crippen molar-refractivity contribution in [3.63, 3.8) is 0 Å². The minimum Gasteiger partial charge on any atom is -0.309 e. The number of rotatable bonds is 1. The monoisotopic (exact) mass is 136 g/mol. The van der Waals surface area contributed by atoms with Gasteiger partial charge in [0.25, 0.3) is 0 Å². The van der Waals surface area contributed by atoms with Gasteiger partial charge in [0.15, 0.2) is 0 Å². The summed E-state index contributed by atoms with van der Waals surface area (Å²) in [4.78, 5) is 0. The van der Waals surface area contributed by atoms with Gasteiger partial charge < -0.3 is 5.43 Å². The molecule has 0 aliphatic rings. The van der Waals surface area contributed by atoms with Crippen molar-refractivity contribution in [3.8, 4) is 0 Å². The van der Waals surface area contributed by atoms with Crippen LogP contribution in [0.15, 0.2) is 0 Å². The largest absolute Gasteiger partial charge is 0.309 e. The number of thioether (sulfide) groups is 1. The number of hydrogen-bond donors (Lipinski definition) is 2. The van der Waals surface area contributed by atoms with E-state index in [2.05, 4.69) is 17.6 Å². The molecule has 7 heavy (non-hydrogen) atoms. The molecule has 0 saturated heterocycles. The topological polar surface area (TPSA) is 38.0 Å². The van der Waals surface area contributed by atoms with Crippen molar-refractivity contribution in [1.82, 2.24) is 5.43 Å². The van der Waals surface area contributed by atoms with Gasteiger partial charge in [-0.15, -0.1) is 0 Å². The third kappa shape index (κ3) is 4.04. The Bertz CT molecular complexity index is 64.0. The highest BCUT2D eigenvalue weighted by Crippen LogP contribution is 1.97. The predicted octanol–water partition coefficient (Wildman–Crippen LogP) is 0.488. The molecular weight excluding hydrogens is 128 g/mol. The maximum absolute atomic E-state index is 4.95. The molecule has 3 N–H and O–H groups in total. The normalized spacial score (nSPS) is 8.29. The van der Waals surface area contributed by atoms with Gasteiger partial charge in [-0.05, 0) is 5.75 Å². The molecular formula is C3H8N2S2. The van der Waals surface area contributed by atoms with Crippen LogP contribution in [0, 0.1) is 0 Å². The Balaban J connectivity index is 3.00. The Labute approximate surface area is 52.8 Å². The molecule has 2 nitrogen and oxygen atoms in total. The van der Waals surface area contributed by atoms with Crippen molar-refractivity contribution in [2.24, 2.45) is 5.84 Å². The minimum atomic E-state index is 0.655. The molecule has 0 saturated carbocycles. The fourth-order valence-electron chi connectivity index (χ4n) is 0.173. The van der Waals surface area contributed by atoms with Crippen molar-refractivity contribution < 1.29 is 0 Å². The summed E-state index contributed by atoms with van der Waals surface area (Å²) >= 11 is 6.21. The molecule has 0 bridgehead atoms. The zero-order chi connectivity index (χ0) is 5.70. The molecule has 0 atom stereocenters. The first-order valence-electron chi connectivity index (χ1n) is 1.94. The molecule has 4 heteroatoms. The van der Waals surface area contributed by atoms with Crippen molar-refractivity contribution in [2.45, 2.75) is 6.92 Å². The molecule has 0 fully saturated rings. The number of thiocarbonyl (C=S) groups is 1. The summed E-state index contributed by atoms with van der Waals surface area (Å²) < 4.78 is 0.655. The number of nitrogens with one attached hydrogen (secondary N) is 1. The lowest BCUT2D eigenvalue weighted by molar-refractivity contribution is 1.07. The zero-order valence-electron chi connectivity index (χ0n) is 4.10. The fourth-order valence-corrected chi connectivity index (χ4v) is 0.872. The third-order valence-electron chi connectivity index (χ3n) is 0.393. The number of hydrazine groups is 1. The molecule has 0 aliphatic heterocycles. The predicted molar refractivity (Wildman–Crippen MR) is 38.1 cm³/mol. The van der Waals surface area contributed by atoms with E-state index < -0.39 is 0 Å². The van der Waals surface area contributed by atoms with Gasteiger partial charge in [0.1, 0.15) is 4.32 Å². The van der Waals surface area contributed by atoms with Crippen LogP contribution in [-0.2, 0) is 0 Å². The Hall–Kier alpha value is 0.200. The first kappa shape index (κ1) is 7.20. The summed E-state index contributed by atoms with van der Waals surface area (Å²) in [6.45, 7) is 2.02. The molecule has 0 aliphatic carbocycles. The van der Waals surface area contributed by atoms with Gasteiger partial charge >= 0.3 is 0 Å². The molecule has 0 unspecified atom stereocenters. The van der Waals surface area contributed by atoms with Crippen LogP contribution in [0.5, 0.6) is 0 Å². The van der Waals surface area contributed by atoms with Crippen LogP contribution < -0.4 is 11.3 Å². The lowest BCUT2D eigenvalue weighted by Gasteiger charge is -1.95. The lowest BCUT2D eigenvalue weighted by atomic mass is 11.0. The van der Waals surface area contributed by atoms with E-state index in [1.807, 2.05) is 6.92 Å². The van der Waals surface area contributed by atoms with Crippen LogP contribution in [0.3, 0.4) is 0 Å². The van der Waals surface area contributed by atoms with E-state index in [4.69, 9.17) is 5.84 Å². The standard InChI is InChI=1S/C3H8N2S2/c1-2-7-3(6)5-4/h2,4H2,1H3,(H,5,6). The van der Waals surface area contributed by atoms with Gasteiger partial charge in [-0.1, -0.05) is 30.9 Å². The molecule has 0 amide bonds. The van der Waals surface area contributed by atoms with Crippen molar-refractivity contribution in [3.05, 3.63) is 0 Å². The fraction of sp³-hybridized carbons (Fsp3) is 0.667. The van der Waals surface area contributed by atoms with Gasteiger partial charge in [-0.2, -0.15) is 0 Å². The minimum absolute atomic E-state index is 0.655. The first-order valence-corrected chi connectivity index (χ1v) is 3.34. The molecule has 0 aromatic heterocycles. The van der Waals surface area contributed by atoms with Gasteiger partial charge in [0, 0.05) is 0 Å². The molecule has 0 aromatic carbocycles. The summed E-state index contributed by atoms with van der Waals surface area (Å²) in [5.41, 5.74) is 2.36. The molecule has 0 heterocycles.